The number of nitrogens with zero attached hydrogens (tertiary/aromatic N) is 4. The average Bonchev–Trinajstić information content (AvgIpc) is 3.31. The van der Waals surface area contributed by atoms with Gasteiger partial charge in [-0.1, -0.05) is 29.4 Å². The van der Waals surface area contributed by atoms with E-state index in [2.05, 4.69) is 32.1 Å². The van der Waals surface area contributed by atoms with Gasteiger partial charge in [-0.2, -0.15) is 10.1 Å². The van der Waals surface area contributed by atoms with Gasteiger partial charge in [-0.25, -0.2) is 0 Å². The van der Waals surface area contributed by atoms with Crippen molar-refractivity contribution < 1.29 is 27.2 Å². The second kappa shape index (κ2) is 8.28. The number of hydrogen-bond acceptors (Lipinski definition) is 6. The summed E-state index contributed by atoms with van der Waals surface area (Å²) in [5.41, 5.74) is 4.04. The third-order valence-electron chi connectivity index (χ3n) is 5.85. The van der Waals surface area contributed by atoms with Crippen LogP contribution in [0.15, 0.2) is 59.1 Å². The maximum atomic E-state index is 12.3. The fourth-order valence-corrected chi connectivity index (χ4v) is 3.88. The molecule has 2 aromatic carbocycles. The van der Waals surface area contributed by atoms with Crippen molar-refractivity contribution in [1.29, 1.82) is 0 Å². The number of aromatic nitrogens is 4. The Labute approximate surface area is 193 Å². The van der Waals surface area contributed by atoms with E-state index in [0.29, 0.717) is 17.8 Å². The summed E-state index contributed by atoms with van der Waals surface area (Å²) < 4.78 is 53.8. The first-order valence-electron chi connectivity index (χ1n) is 10.6. The molecule has 2 aromatic heterocycles. The van der Waals surface area contributed by atoms with E-state index in [0.717, 1.165) is 24.1 Å². The molecule has 1 fully saturated rings. The summed E-state index contributed by atoms with van der Waals surface area (Å²) in [5.74, 6) is 0.136. The van der Waals surface area contributed by atoms with Crippen LogP contribution in [-0.4, -0.2) is 33.4 Å². The molecule has 1 aliphatic rings. The van der Waals surface area contributed by atoms with Crippen molar-refractivity contribution in [2.24, 2.45) is 0 Å². The quantitative estimate of drug-likeness (QED) is 0.356. The molecule has 0 bridgehead atoms. The number of alkyl halides is 3. The van der Waals surface area contributed by atoms with Gasteiger partial charge in [-0.15, -0.1) is 13.2 Å². The molecule has 34 heavy (non-hydrogen) atoms. The first kappa shape index (κ1) is 22.1. The zero-order chi connectivity index (χ0) is 23.9. The molecule has 0 saturated heterocycles. The number of hydrogen-bond donors (Lipinski definition) is 0. The van der Waals surface area contributed by atoms with Crippen molar-refractivity contribution in [3.63, 3.8) is 0 Å². The van der Waals surface area contributed by atoms with E-state index >= 15 is 0 Å². The topological polar surface area (TPSA) is 75.2 Å². The molecule has 10 heteroatoms. The van der Waals surface area contributed by atoms with Gasteiger partial charge in [0.1, 0.15) is 5.75 Å². The van der Waals surface area contributed by atoms with Crippen LogP contribution in [0.25, 0.3) is 23.0 Å². The van der Waals surface area contributed by atoms with Gasteiger partial charge < -0.3 is 14.0 Å². The maximum Gasteiger partial charge on any atom is 0.573 e. The van der Waals surface area contributed by atoms with Crippen LogP contribution in [0, 0.1) is 6.92 Å². The van der Waals surface area contributed by atoms with Crippen molar-refractivity contribution in [3.05, 3.63) is 71.4 Å². The molecule has 0 aliphatic heterocycles. The smallest absolute Gasteiger partial charge is 0.406 e. The summed E-state index contributed by atoms with van der Waals surface area (Å²) in [7, 11) is 1.74. The van der Waals surface area contributed by atoms with Crippen LogP contribution in [-0.2, 0) is 16.9 Å². The lowest BCUT2D eigenvalue weighted by molar-refractivity contribution is -0.274. The first-order chi connectivity index (χ1) is 16.2. The second-order valence-corrected chi connectivity index (χ2v) is 8.22. The summed E-state index contributed by atoms with van der Waals surface area (Å²) >= 11 is 0. The highest BCUT2D eigenvalue weighted by Crippen LogP contribution is 2.48. The molecule has 4 aromatic rings. The predicted molar refractivity (Wildman–Crippen MR) is 116 cm³/mol. The van der Waals surface area contributed by atoms with Gasteiger partial charge in [0.15, 0.2) is 5.69 Å². The maximum absolute atomic E-state index is 12.3. The van der Waals surface area contributed by atoms with Gasteiger partial charge in [-0.3, -0.25) is 4.68 Å². The van der Waals surface area contributed by atoms with E-state index in [1.54, 1.807) is 7.11 Å². The molecule has 5 rings (SSSR count). The highest BCUT2D eigenvalue weighted by Gasteiger charge is 2.44. The van der Waals surface area contributed by atoms with Gasteiger partial charge >= 0.3 is 6.36 Å². The fraction of sp³-hybridized carbons (Fsp3) is 0.292. The minimum Gasteiger partial charge on any atom is -0.406 e. The zero-order valence-corrected chi connectivity index (χ0v) is 18.5. The predicted octanol–water partition coefficient (Wildman–Crippen LogP) is 5.49. The Morgan fingerprint density at radius 3 is 2.53 bits per heavy atom. The summed E-state index contributed by atoms with van der Waals surface area (Å²) in [5, 5.41) is 8.54. The molecule has 0 spiro atoms. The molecule has 1 aliphatic carbocycles. The Morgan fingerprint density at radius 2 is 1.85 bits per heavy atom. The van der Waals surface area contributed by atoms with Crippen LogP contribution in [0.1, 0.15) is 29.7 Å². The lowest BCUT2D eigenvalue weighted by Gasteiger charge is -2.15. The largest absolute Gasteiger partial charge is 0.573 e. The highest BCUT2D eigenvalue weighted by molar-refractivity contribution is 5.59. The molecule has 0 unspecified atom stereocenters. The number of aryl methyl sites for hydroxylation is 1. The van der Waals surface area contributed by atoms with Crippen LogP contribution in [0.3, 0.4) is 0 Å². The Bertz CT molecular complexity index is 1310. The number of halogens is 3. The molecular formula is C24H21F3N4O3. The molecule has 0 amide bonds. The Balaban J connectivity index is 1.33. The number of rotatable bonds is 7. The van der Waals surface area contributed by atoms with E-state index in [9.17, 15) is 13.2 Å². The molecule has 0 N–H and O–H groups in total. The van der Waals surface area contributed by atoms with E-state index in [4.69, 9.17) is 9.26 Å². The molecule has 2 heterocycles. The first-order valence-corrected chi connectivity index (χ1v) is 10.6. The minimum atomic E-state index is -4.75. The normalized spacial score (nSPS) is 14.9. The van der Waals surface area contributed by atoms with Gasteiger partial charge in [0.25, 0.3) is 5.89 Å². The van der Waals surface area contributed by atoms with E-state index in [1.807, 2.05) is 29.8 Å². The van der Waals surface area contributed by atoms with Crippen LogP contribution in [0.5, 0.6) is 5.75 Å². The number of benzene rings is 2. The van der Waals surface area contributed by atoms with Crippen LogP contribution < -0.4 is 4.74 Å². The Hall–Kier alpha value is -3.66. The van der Waals surface area contributed by atoms with Crippen molar-refractivity contribution >= 4 is 0 Å². The molecule has 176 valence electrons. The van der Waals surface area contributed by atoms with Gasteiger partial charge in [-0.05, 0) is 61.2 Å². The zero-order valence-electron chi connectivity index (χ0n) is 18.5. The Morgan fingerprint density at radius 1 is 1.09 bits per heavy atom. The van der Waals surface area contributed by atoms with Crippen molar-refractivity contribution in [2.45, 2.75) is 38.3 Å². The molecular weight excluding hydrogens is 449 g/mol. The molecule has 0 atom stereocenters. The molecule has 1 saturated carbocycles. The molecule has 7 nitrogen and oxygen atoms in total. The monoisotopic (exact) mass is 470 g/mol. The van der Waals surface area contributed by atoms with Crippen LogP contribution in [0.4, 0.5) is 13.2 Å². The average molecular weight is 470 g/mol. The van der Waals surface area contributed by atoms with Gasteiger partial charge in [0.05, 0.1) is 12.1 Å². The second-order valence-electron chi connectivity index (χ2n) is 8.22. The SMILES string of the molecule is COC1(c2cccc(Cn3nc(-c4nc(-c5ccc(OC(F)(F)F)cc5)no4)cc3C)c2)CC1. The van der Waals surface area contributed by atoms with E-state index in [1.165, 1.54) is 29.8 Å². The lowest BCUT2D eigenvalue weighted by atomic mass is 10.0. The third-order valence-corrected chi connectivity index (χ3v) is 5.85. The number of methoxy groups -OCH3 is 1. The van der Waals surface area contributed by atoms with Crippen molar-refractivity contribution in [3.8, 4) is 28.7 Å². The van der Waals surface area contributed by atoms with Gasteiger partial charge in [0, 0.05) is 18.4 Å². The summed E-state index contributed by atoms with van der Waals surface area (Å²) in [6, 6.07) is 15.4. The van der Waals surface area contributed by atoms with Crippen molar-refractivity contribution in [2.75, 3.05) is 7.11 Å². The van der Waals surface area contributed by atoms with E-state index < -0.39 is 6.36 Å². The number of ether oxygens (including phenoxy) is 2. The lowest BCUT2D eigenvalue weighted by Crippen LogP contribution is -2.16. The third kappa shape index (κ3) is 4.54. The highest BCUT2D eigenvalue weighted by atomic mass is 19.4. The van der Waals surface area contributed by atoms with Gasteiger partial charge in [0.2, 0.25) is 5.82 Å². The van der Waals surface area contributed by atoms with E-state index in [-0.39, 0.29) is 23.1 Å². The standard InChI is InChI=1S/C24H21F3N4O3/c1-15-12-20(29-31(15)14-16-4-3-5-18(13-16)23(32-2)10-11-23)22-28-21(30-34-22)17-6-8-19(9-7-17)33-24(25,26)27/h3-9,12-13H,10-11,14H2,1-2H3. The minimum absolute atomic E-state index is 0.155. The van der Waals surface area contributed by atoms with Crippen LogP contribution >= 0.6 is 0 Å². The summed E-state index contributed by atoms with van der Waals surface area (Å²) in [6.07, 6.45) is -2.70. The summed E-state index contributed by atoms with van der Waals surface area (Å²) in [6.45, 7) is 2.51. The fourth-order valence-electron chi connectivity index (χ4n) is 3.88. The van der Waals surface area contributed by atoms with Crippen LogP contribution in [0.2, 0.25) is 0 Å². The molecule has 0 radical (unpaired) electrons. The Kier molecular flexibility index (Phi) is 5.40. The summed E-state index contributed by atoms with van der Waals surface area (Å²) in [4.78, 5) is 4.35. The van der Waals surface area contributed by atoms with Crippen molar-refractivity contribution in [1.82, 2.24) is 19.9 Å².